The number of fused-ring (bicyclic) bond motifs is 3. The maximum atomic E-state index is 13.1. The van der Waals surface area contributed by atoms with Crippen LogP contribution in [0.1, 0.15) is 23.2 Å². The maximum Gasteiger partial charge on any atom is 0.169 e. The van der Waals surface area contributed by atoms with Crippen LogP contribution in [0.3, 0.4) is 0 Å². The minimum Gasteiger partial charge on any atom is -0.349 e. The molecule has 0 radical (unpaired) electrons. The summed E-state index contributed by atoms with van der Waals surface area (Å²) >= 11 is 0. The van der Waals surface area contributed by atoms with E-state index in [0.717, 1.165) is 0 Å². The quantitative estimate of drug-likeness (QED) is 0.782. The van der Waals surface area contributed by atoms with Crippen LogP contribution in [0, 0.1) is 45.2 Å². The van der Waals surface area contributed by atoms with Gasteiger partial charge in [-0.25, -0.2) is 4.39 Å². The summed E-state index contributed by atoms with van der Waals surface area (Å²) in [6, 6.07) is 9.24. The molecule has 4 rings (SSSR count). The molecule has 2 bridgehead atoms. The highest BCUT2D eigenvalue weighted by Crippen LogP contribution is 2.76. The zero-order chi connectivity index (χ0) is 16.2. The summed E-state index contributed by atoms with van der Waals surface area (Å²) in [5.74, 6) is -1.58. The molecule has 6 heteroatoms. The number of rotatable bonds is 2. The van der Waals surface area contributed by atoms with E-state index in [1.807, 2.05) is 12.1 Å². The Balaban J connectivity index is 1.75. The lowest BCUT2D eigenvalue weighted by Gasteiger charge is -2.29. The Morgan fingerprint density at radius 3 is 2.61 bits per heavy atom. The van der Waals surface area contributed by atoms with Gasteiger partial charge in [0.05, 0.1) is 36.2 Å². The van der Waals surface area contributed by atoms with Gasteiger partial charge in [0.15, 0.2) is 17.5 Å². The van der Waals surface area contributed by atoms with E-state index in [0.29, 0.717) is 25.0 Å². The highest BCUT2D eigenvalue weighted by atomic mass is 19.1. The number of ketones is 1. The SMILES string of the molecule is N#CC1(C#N)C(C(=O)c2ccc(F)cc2)C12CC[C@H]1COC2O1. The molecule has 5 nitrogen and oxygen atoms in total. The van der Waals surface area contributed by atoms with Gasteiger partial charge in [-0.3, -0.25) is 4.79 Å². The standard InChI is InChI=1S/C17H13FN2O3/c18-11-3-1-10(2-4-11)13(21)14-16(8-19,9-20)17(14)6-5-12-7-22-15(17)23-12/h1-4,12,14-15H,5-7H2/t12-,14?,15?,17?/m0/s1. The zero-order valence-electron chi connectivity index (χ0n) is 12.2. The summed E-state index contributed by atoms with van der Waals surface area (Å²) in [4.78, 5) is 12.9. The number of halogens is 1. The van der Waals surface area contributed by atoms with Crippen molar-refractivity contribution in [1.82, 2.24) is 0 Å². The van der Waals surface area contributed by atoms with E-state index in [2.05, 4.69) is 0 Å². The van der Waals surface area contributed by atoms with Crippen molar-refractivity contribution in [2.75, 3.05) is 6.61 Å². The normalized spacial score (nSPS) is 36.2. The van der Waals surface area contributed by atoms with Crippen molar-refractivity contribution < 1.29 is 18.7 Å². The van der Waals surface area contributed by atoms with Crippen LogP contribution in [0.25, 0.3) is 0 Å². The Morgan fingerprint density at radius 1 is 1.26 bits per heavy atom. The Hall–Kier alpha value is -2.28. The monoisotopic (exact) mass is 312 g/mol. The lowest BCUT2D eigenvalue weighted by Crippen LogP contribution is -2.35. The van der Waals surface area contributed by atoms with Crippen LogP contribution in [0.2, 0.25) is 0 Å². The molecule has 2 aliphatic heterocycles. The van der Waals surface area contributed by atoms with Gasteiger partial charge in [-0.05, 0) is 37.1 Å². The fourth-order valence-electron chi connectivity index (χ4n) is 4.18. The van der Waals surface area contributed by atoms with Crippen molar-refractivity contribution in [2.24, 2.45) is 16.7 Å². The van der Waals surface area contributed by atoms with Gasteiger partial charge in [-0.15, -0.1) is 0 Å². The van der Waals surface area contributed by atoms with Crippen molar-refractivity contribution in [2.45, 2.75) is 25.2 Å². The van der Waals surface area contributed by atoms with Crippen molar-refractivity contribution in [1.29, 1.82) is 10.5 Å². The molecule has 1 spiro atoms. The topological polar surface area (TPSA) is 83.1 Å². The number of hydrogen-bond donors (Lipinski definition) is 0. The summed E-state index contributed by atoms with van der Waals surface area (Å²) in [5, 5.41) is 19.2. The van der Waals surface area contributed by atoms with Gasteiger partial charge >= 0.3 is 0 Å². The summed E-state index contributed by atoms with van der Waals surface area (Å²) in [5.41, 5.74) is -2.07. The molecule has 1 aromatic carbocycles. The molecule has 1 aromatic rings. The van der Waals surface area contributed by atoms with Gasteiger partial charge in [0.2, 0.25) is 0 Å². The van der Waals surface area contributed by atoms with E-state index in [9.17, 15) is 19.7 Å². The van der Waals surface area contributed by atoms with Gasteiger partial charge < -0.3 is 9.47 Å². The Morgan fingerprint density at radius 2 is 1.96 bits per heavy atom. The molecule has 3 fully saturated rings. The molecule has 2 saturated heterocycles. The van der Waals surface area contributed by atoms with E-state index in [1.165, 1.54) is 24.3 Å². The van der Waals surface area contributed by atoms with E-state index >= 15 is 0 Å². The first-order valence-electron chi connectivity index (χ1n) is 7.48. The lowest BCUT2D eigenvalue weighted by molar-refractivity contribution is -0.140. The second kappa shape index (κ2) is 4.61. The fourth-order valence-corrected chi connectivity index (χ4v) is 4.18. The largest absolute Gasteiger partial charge is 0.349 e. The Kier molecular flexibility index (Phi) is 2.87. The molecule has 0 aromatic heterocycles. The number of nitriles is 2. The van der Waals surface area contributed by atoms with E-state index in [4.69, 9.17) is 9.47 Å². The number of ether oxygens (including phenoxy) is 2. The third-order valence-electron chi connectivity index (χ3n) is 5.39. The first kappa shape index (κ1) is 14.3. The third kappa shape index (κ3) is 1.63. The maximum absolute atomic E-state index is 13.1. The minimum absolute atomic E-state index is 0.0251. The van der Waals surface area contributed by atoms with Gasteiger partial charge in [-0.2, -0.15) is 10.5 Å². The molecule has 4 atom stereocenters. The Labute approximate surface area is 132 Å². The van der Waals surface area contributed by atoms with Crippen LogP contribution in [0.4, 0.5) is 4.39 Å². The van der Waals surface area contributed by atoms with E-state index < -0.39 is 28.9 Å². The van der Waals surface area contributed by atoms with Gasteiger partial charge in [-0.1, -0.05) is 0 Å². The first-order valence-corrected chi connectivity index (χ1v) is 7.48. The predicted octanol–water partition coefficient (Wildman–Crippen LogP) is 2.19. The number of carbonyl (C=O) groups is 1. The molecule has 1 saturated carbocycles. The molecule has 0 amide bonds. The van der Waals surface area contributed by atoms with Crippen molar-refractivity contribution >= 4 is 5.78 Å². The van der Waals surface area contributed by atoms with Crippen LogP contribution < -0.4 is 0 Å². The fraction of sp³-hybridized carbons (Fsp3) is 0.471. The molecule has 0 N–H and O–H groups in total. The number of nitrogens with zero attached hydrogens (tertiary/aromatic N) is 2. The van der Waals surface area contributed by atoms with Gasteiger partial charge in [0.1, 0.15) is 5.82 Å². The van der Waals surface area contributed by atoms with Crippen molar-refractivity contribution in [3.8, 4) is 12.1 Å². The van der Waals surface area contributed by atoms with Crippen LogP contribution in [-0.2, 0) is 9.47 Å². The van der Waals surface area contributed by atoms with E-state index in [1.54, 1.807) is 0 Å². The number of hydrogen-bond acceptors (Lipinski definition) is 5. The highest BCUT2D eigenvalue weighted by molar-refractivity contribution is 6.02. The molecular formula is C17H13FN2O3. The van der Waals surface area contributed by atoms with E-state index in [-0.39, 0.29) is 11.9 Å². The second-order valence-electron chi connectivity index (χ2n) is 6.34. The summed E-state index contributed by atoms with van der Waals surface area (Å²) in [6.45, 7) is 0.427. The lowest BCUT2D eigenvalue weighted by atomic mass is 9.86. The summed E-state index contributed by atoms with van der Waals surface area (Å²) in [7, 11) is 0. The summed E-state index contributed by atoms with van der Waals surface area (Å²) < 4.78 is 24.4. The molecular weight excluding hydrogens is 299 g/mol. The molecule has 2 heterocycles. The van der Waals surface area contributed by atoms with Crippen LogP contribution in [-0.4, -0.2) is 24.8 Å². The van der Waals surface area contributed by atoms with Crippen LogP contribution >= 0.6 is 0 Å². The number of Topliss-reactive ketones (excluding diaryl/α,β-unsaturated/α-hetero) is 1. The van der Waals surface area contributed by atoms with Crippen LogP contribution in [0.15, 0.2) is 24.3 Å². The van der Waals surface area contributed by atoms with Crippen molar-refractivity contribution in [3.63, 3.8) is 0 Å². The third-order valence-corrected chi connectivity index (χ3v) is 5.39. The Bertz CT molecular complexity index is 750. The molecule has 23 heavy (non-hydrogen) atoms. The zero-order valence-corrected chi connectivity index (χ0v) is 12.2. The first-order chi connectivity index (χ1) is 11.1. The molecule has 116 valence electrons. The average molecular weight is 312 g/mol. The smallest absolute Gasteiger partial charge is 0.169 e. The number of benzene rings is 1. The minimum atomic E-state index is -1.45. The van der Waals surface area contributed by atoms with Crippen molar-refractivity contribution in [3.05, 3.63) is 35.6 Å². The highest BCUT2D eigenvalue weighted by Gasteiger charge is 2.86. The van der Waals surface area contributed by atoms with Crippen LogP contribution in [0.5, 0.6) is 0 Å². The van der Waals surface area contributed by atoms with Gasteiger partial charge in [0, 0.05) is 5.56 Å². The average Bonchev–Trinajstić information content (AvgIpc) is 2.94. The summed E-state index contributed by atoms with van der Waals surface area (Å²) in [6.07, 6.45) is 0.480. The number of carbonyl (C=O) groups excluding carboxylic acids is 1. The predicted molar refractivity (Wildman–Crippen MR) is 74.2 cm³/mol. The molecule has 1 aliphatic carbocycles. The molecule has 3 aliphatic rings. The second-order valence-corrected chi connectivity index (χ2v) is 6.34. The van der Waals surface area contributed by atoms with Gasteiger partial charge in [0.25, 0.3) is 0 Å². The molecule has 3 unspecified atom stereocenters.